The van der Waals surface area contributed by atoms with Crippen LogP contribution in [0, 0.1) is 0 Å². The van der Waals surface area contributed by atoms with Crippen LogP contribution in [0.4, 0.5) is 0 Å². The fraction of sp³-hybridized carbons (Fsp3) is 0.400. The largest absolute Gasteiger partial charge is 0.497 e. The third-order valence-electron chi connectivity index (χ3n) is 2.88. The predicted octanol–water partition coefficient (Wildman–Crippen LogP) is 2.86. The van der Waals surface area contributed by atoms with Gasteiger partial charge in [0.2, 0.25) is 5.89 Å². The molecule has 0 aliphatic carbocycles. The van der Waals surface area contributed by atoms with E-state index in [1.54, 1.807) is 20.5 Å². The SMILES string of the molecule is COc1ccc(OC)c(-c2nc(CNC(C)C)co2)c1. The van der Waals surface area contributed by atoms with Crippen molar-refractivity contribution in [1.82, 2.24) is 10.3 Å². The Morgan fingerprint density at radius 3 is 2.70 bits per heavy atom. The molecule has 1 heterocycles. The average molecular weight is 276 g/mol. The van der Waals surface area contributed by atoms with Gasteiger partial charge in [0.05, 0.1) is 25.5 Å². The lowest BCUT2D eigenvalue weighted by molar-refractivity contribution is 0.403. The maximum absolute atomic E-state index is 5.54. The maximum Gasteiger partial charge on any atom is 0.230 e. The number of methoxy groups -OCH3 is 2. The van der Waals surface area contributed by atoms with Crippen molar-refractivity contribution in [1.29, 1.82) is 0 Å². The molecule has 0 fully saturated rings. The Bertz CT molecular complexity index is 564. The second-order valence-electron chi connectivity index (χ2n) is 4.75. The highest BCUT2D eigenvalue weighted by atomic mass is 16.5. The van der Waals surface area contributed by atoms with Gasteiger partial charge in [-0.15, -0.1) is 0 Å². The van der Waals surface area contributed by atoms with E-state index < -0.39 is 0 Å². The molecule has 1 N–H and O–H groups in total. The first-order chi connectivity index (χ1) is 9.63. The number of ether oxygens (including phenoxy) is 2. The molecule has 108 valence electrons. The highest BCUT2D eigenvalue weighted by molar-refractivity contribution is 5.65. The van der Waals surface area contributed by atoms with E-state index in [9.17, 15) is 0 Å². The van der Waals surface area contributed by atoms with E-state index in [0.29, 0.717) is 24.2 Å². The Morgan fingerprint density at radius 2 is 2.05 bits per heavy atom. The summed E-state index contributed by atoms with van der Waals surface area (Å²) in [7, 11) is 3.24. The molecule has 0 amide bonds. The molecule has 5 nitrogen and oxygen atoms in total. The number of oxazole rings is 1. The van der Waals surface area contributed by atoms with Crippen LogP contribution in [0.3, 0.4) is 0 Å². The molecule has 20 heavy (non-hydrogen) atoms. The van der Waals surface area contributed by atoms with Crippen LogP contribution in [-0.2, 0) is 6.54 Å². The normalized spacial score (nSPS) is 10.8. The van der Waals surface area contributed by atoms with Crippen LogP contribution in [0.2, 0.25) is 0 Å². The average Bonchev–Trinajstić information content (AvgIpc) is 2.93. The van der Waals surface area contributed by atoms with Crippen LogP contribution < -0.4 is 14.8 Å². The molecule has 2 aromatic rings. The molecular weight excluding hydrogens is 256 g/mol. The lowest BCUT2D eigenvalue weighted by Crippen LogP contribution is -2.21. The molecule has 0 aliphatic heterocycles. The first kappa shape index (κ1) is 14.4. The topological polar surface area (TPSA) is 56.5 Å². The Balaban J connectivity index is 2.26. The third-order valence-corrected chi connectivity index (χ3v) is 2.88. The minimum absolute atomic E-state index is 0.404. The fourth-order valence-electron chi connectivity index (χ4n) is 1.80. The van der Waals surface area contributed by atoms with Crippen molar-refractivity contribution in [2.45, 2.75) is 26.4 Å². The summed E-state index contributed by atoms with van der Waals surface area (Å²) < 4.78 is 16.1. The molecular formula is C15H20N2O3. The van der Waals surface area contributed by atoms with Crippen molar-refractivity contribution >= 4 is 0 Å². The Kier molecular flexibility index (Phi) is 4.63. The quantitative estimate of drug-likeness (QED) is 0.879. The lowest BCUT2D eigenvalue weighted by Gasteiger charge is -2.07. The van der Waals surface area contributed by atoms with Gasteiger partial charge in [0.25, 0.3) is 0 Å². The van der Waals surface area contributed by atoms with E-state index in [1.807, 2.05) is 18.2 Å². The van der Waals surface area contributed by atoms with E-state index in [4.69, 9.17) is 13.9 Å². The standard InChI is InChI=1S/C15H20N2O3/c1-10(2)16-8-11-9-20-15(17-11)13-7-12(18-3)5-6-14(13)19-4/h5-7,9-10,16H,8H2,1-4H3. The summed E-state index contributed by atoms with van der Waals surface area (Å²) in [6.07, 6.45) is 1.66. The lowest BCUT2D eigenvalue weighted by atomic mass is 10.2. The molecule has 1 aromatic heterocycles. The zero-order valence-corrected chi connectivity index (χ0v) is 12.3. The van der Waals surface area contributed by atoms with Crippen LogP contribution in [0.15, 0.2) is 28.9 Å². The van der Waals surface area contributed by atoms with Gasteiger partial charge in [0.15, 0.2) is 0 Å². The second kappa shape index (κ2) is 6.43. The van der Waals surface area contributed by atoms with Crippen LogP contribution >= 0.6 is 0 Å². The van der Waals surface area contributed by atoms with Gasteiger partial charge in [-0.3, -0.25) is 0 Å². The van der Waals surface area contributed by atoms with Crippen molar-refractivity contribution in [3.8, 4) is 23.0 Å². The van der Waals surface area contributed by atoms with Gasteiger partial charge < -0.3 is 19.2 Å². The number of aromatic nitrogens is 1. The van der Waals surface area contributed by atoms with Crippen molar-refractivity contribution in [3.63, 3.8) is 0 Å². The van der Waals surface area contributed by atoms with Gasteiger partial charge in [0.1, 0.15) is 17.8 Å². The Hall–Kier alpha value is -2.01. The van der Waals surface area contributed by atoms with Crippen molar-refractivity contribution < 1.29 is 13.9 Å². The van der Waals surface area contributed by atoms with Gasteiger partial charge >= 0.3 is 0 Å². The van der Waals surface area contributed by atoms with Crippen molar-refractivity contribution in [3.05, 3.63) is 30.2 Å². The zero-order chi connectivity index (χ0) is 14.5. The second-order valence-corrected chi connectivity index (χ2v) is 4.75. The summed E-state index contributed by atoms with van der Waals surface area (Å²) in [5.74, 6) is 1.97. The number of hydrogen-bond donors (Lipinski definition) is 1. The van der Waals surface area contributed by atoms with E-state index in [-0.39, 0.29) is 0 Å². The van der Waals surface area contributed by atoms with Crippen LogP contribution in [0.25, 0.3) is 11.5 Å². The molecule has 0 atom stereocenters. The van der Waals surface area contributed by atoms with Crippen LogP contribution in [0.1, 0.15) is 19.5 Å². The molecule has 0 saturated carbocycles. The summed E-state index contributed by atoms with van der Waals surface area (Å²) in [6.45, 7) is 4.85. The minimum Gasteiger partial charge on any atom is -0.497 e. The predicted molar refractivity (Wildman–Crippen MR) is 77.0 cm³/mol. The van der Waals surface area contributed by atoms with Gasteiger partial charge in [-0.1, -0.05) is 13.8 Å². The maximum atomic E-state index is 5.54. The van der Waals surface area contributed by atoms with Crippen LogP contribution in [-0.4, -0.2) is 25.2 Å². The molecule has 5 heteroatoms. The highest BCUT2D eigenvalue weighted by Gasteiger charge is 2.13. The Labute approximate surface area is 118 Å². The van der Waals surface area contributed by atoms with E-state index in [1.165, 1.54) is 0 Å². The minimum atomic E-state index is 0.404. The van der Waals surface area contributed by atoms with Gasteiger partial charge in [0, 0.05) is 12.6 Å². The summed E-state index contributed by atoms with van der Waals surface area (Å²) in [6, 6.07) is 5.93. The monoisotopic (exact) mass is 276 g/mol. The molecule has 0 saturated heterocycles. The highest BCUT2D eigenvalue weighted by Crippen LogP contribution is 2.32. The third kappa shape index (κ3) is 3.30. The first-order valence-electron chi connectivity index (χ1n) is 6.54. The molecule has 0 bridgehead atoms. The molecule has 0 aliphatic rings. The number of rotatable bonds is 6. The summed E-state index contributed by atoms with van der Waals surface area (Å²) >= 11 is 0. The first-order valence-corrected chi connectivity index (χ1v) is 6.54. The number of nitrogens with one attached hydrogen (secondary N) is 1. The fourth-order valence-corrected chi connectivity index (χ4v) is 1.80. The number of nitrogens with zero attached hydrogens (tertiary/aromatic N) is 1. The van der Waals surface area contributed by atoms with E-state index >= 15 is 0 Å². The Morgan fingerprint density at radius 1 is 1.25 bits per heavy atom. The molecule has 0 radical (unpaired) electrons. The van der Waals surface area contributed by atoms with E-state index in [2.05, 4.69) is 24.1 Å². The summed E-state index contributed by atoms with van der Waals surface area (Å²) in [4.78, 5) is 4.47. The smallest absolute Gasteiger partial charge is 0.230 e. The summed E-state index contributed by atoms with van der Waals surface area (Å²) in [5.41, 5.74) is 1.64. The van der Waals surface area contributed by atoms with Gasteiger partial charge in [-0.25, -0.2) is 4.98 Å². The molecule has 2 rings (SSSR count). The zero-order valence-electron chi connectivity index (χ0n) is 12.3. The number of hydrogen-bond acceptors (Lipinski definition) is 5. The summed E-state index contributed by atoms with van der Waals surface area (Å²) in [5, 5.41) is 3.30. The van der Waals surface area contributed by atoms with Gasteiger partial charge in [-0.05, 0) is 18.2 Å². The van der Waals surface area contributed by atoms with E-state index in [0.717, 1.165) is 17.0 Å². The molecule has 1 aromatic carbocycles. The molecule has 0 spiro atoms. The number of benzene rings is 1. The van der Waals surface area contributed by atoms with Gasteiger partial charge in [-0.2, -0.15) is 0 Å². The van der Waals surface area contributed by atoms with Crippen molar-refractivity contribution in [2.24, 2.45) is 0 Å². The van der Waals surface area contributed by atoms with Crippen molar-refractivity contribution in [2.75, 3.05) is 14.2 Å². The molecule has 0 unspecified atom stereocenters. The van der Waals surface area contributed by atoms with Crippen LogP contribution in [0.5, 0.6) is 11.5 Å².